The molecule has 0 N–H and O–H groups in total. The maximum atomic E-state index is 13.7. The van der Waals surface area contributed by atoms with Gasteiger partial charge in [-0.15, -0.1) is 0 Å². The van der Waals surface area contributed by atoms with Gasteiger partial charge in [-0.1, -0.05) is 18.2 Å². The van der Waals surface area contributed by atoms with E-state index in [1.54, 1.807) is 4.90 Å². The molecule has 2 amide bonds. The van der Waals surface area contributed by atoms with Crippen LogP contribution in [0.2, 0.25) is 0 Å². The molecular weight excluding hydrogens is 314 g/mol. The number of halogens is 2. The fraction of sp³-hybridized carbons (Fsp3) is 0.444. The second-order valence-corrected chi connectivity index (χ2v) is 6.24. The molecule has 0 spiro atoms. The van der Waals surface area contributed by atoms with Crippen molar-refractivity contribution in [3.05, 3.63) is 47.5 Å². The van der Waals surface area contributed by atoms with Gasteiger partial charge in [0.05, 0.1) is 0 Å². The van der Waals surface area contributed by atoms with Gasteiger partial charge < -0.3 is 9.80 Å². The van der Waals surface area contributed by atoms with Crippen molar-refractivity contribution < 1.29 is 18.4 Å². The van der Waals surface area contributed by atoms with Crippen LogP contribution in [0, 0.1) is 17.6 Å². The van der Waals surface area contributed by atoms with Crippen LogP contribution in [-0.4, -0.2) is 47.8 Å². The summed E-state index contributed by atoms with van der Waals surface area (Å²) in [6.07, 6.45) is 6.70. The molecule has 24 heavy (non-hydrogen) atoms. The lowest BCUT2D eigenvalue weighted by atomic mass is 10.0. The van der Waals surface area contributed by atoms with Crippen molar-refractivity contribution in [2.45, 2.75) is 19.3 Å². The normalized spacial score (nSPS) is 20.5. The lowest BCUT2D eigenvalue weighted by molar-refractivity contribution is -0.133. The molecule has 1 aliphatic heterocycles. The first-order chi connectivity index (χ1) is 11.6. The molecule has 0 bridgehead atoms. The standard InChI is InChI=1S/C18H20F2N2O2/c19-14-6-3-7-15(20)17(14)18(24)22-10-8-21(9-11-22)16(23)12-13-4-1-2-5-13/h1,3-4,6-7,13H,2,5,8-12H2/t13-/m0/s1. The molecule has 6 heteroatoms. The molecule has 3 rings (SSSR count). The lowest BCUT2D eigenvalue weighted by Gasteiger charge is -2.35. The predicted molar refractivity (Wildman–Crippen MR) is 85.3 cm³/mol. The van der Waals surface area contributed by atoms with Crippen molar-refractivity contribution in [2.24, 2.45) is 5.92 Å². The molecule has 0 aromatic heterocycles. The van der Waals surface area contributed by atoms with Crippen molar-refractivity contribution in [1.82, 2.24) is 9.80 Å². The molecular formula is C18H20F2N2O2. The molecule has 128 valence electrons. The summed E-state index contributed by atoms with van der Waals surface area (Å²) in [5.41, 5.74) is -0.520. The minimum Gasteiger partial charge on any atom is -0.339 e. The van der Waals surface area contributed by atoms with Crippen LogP contribution in [0.4, 0.5) is 8.78 Å². The van der Waals surface area contributed by atoms with E-state index in [1.165, 1.54) is 11.0 Å². The number of carbonyl (C=O) groups is 2. The molecule has 0 radical (unpaired) electrons. The van der Waals surface area contributed by atoms with E-state index in [-0.39, 0.29) is 5.91 Å². The quantitative estimate of drug-likeness (QED) is 0.797. The number of rotatable bonds is 3. The average Bonchev–Trinajstić information content (AvgIpc) is 3.07. The van der Waals surface area contributed by atoms with E-state index in [0.717, 1.165) is 25.0 Å². The summed E-state index contributed by atoms with van der Waals surface area (Å²) in [5.74, 6) is -1.98. The predicted octanol–water partition coefficient (Wildman–Crippen LogP) is 2.61. The highest BCUT2D eigenvalue weighted by Gasteiger charge is 2.28. The number of piperazine rings is 1. The van der Waals surface area contributed by atoms with Crippen molar-refractivity contribution in [3.63, 3.8) is 0 Å². The van der Waals surface area contributed by atoms with E-state index >= 15 is 0 Å². The fourth-order valence-corrected chi connectivity index (χ4v) is 3.24. The highest BCUT2D eigenvalue weighted by atomic mass is 19.1. The topological polar surface area (TPSA) is 40.6 Å². The van der Waals surface area contributed by atoms with Gasteiger partial charge in [0.25, 0.3) is 5.91 Å². The summed E-state index contributed by atoms with van der Waals surface area (Å²) < 4.78 is 27.5. The minimum atomic E-state index is -0.855. The Balaban J connectivity index is 1.57. The zero-order chi connectivity index (χ0) is 17.1. The minimum absolute atomic E-state index is 0.0794. The molecule has 0 saturated carbocycles. The molecule has 1 heterocycles. The Hall–Kier alpha value is -2.24. The highest BCUT2D eigenvalue weighted by Crippen LogP contribution is 2.22. The first-order valence-electron chi connectivity index (χ1n) is 8.24. The number of carbonyl (C=O) groups excluding carboxylic acids is 2. The van der Waals surface area contributed by atoms with Crippen LogP contribution in [0.1, 0.15) is 29.6 Å². The number of nitrogens with zero attached hydrogens (tertiary/aromatic N) is 2. The Kier molecular flexibility index (Phi) is 4.92. The van der Waals surface area contributed by atoms with E-state index in [4.69, 9.17) is 0 Å². The number of amides is 2. The Bertz CT molecular complexity index is 647. The average molecular weight is 334 g/mol. The first kappa shape index (κ1) is 16.6. The SMILES string of the molecule is O=C(C[C@H]1C=CCC1)N1CCN(C(=O)c2c(F)cccc2F)CC1. The van der Waals surface area contributed by atoms with Gasteiger partial charge in [0.1, 0.15) is 17.2 Å². The Morgan fingerprint density at radius 1 is 1.04 bits per heavy atom. The van der Waals surface area contributed by atoms with Crippen LogP contribution < -0.4 is 0 Å². The van der Waals surface area contributed by atoms with Crippen LogP contribution in [-0.2, 0) is 4.79 Å². The maximum Gasteiger partial charge on any atom is 0.259 e. The second kappa shape index (κ2) is 7.11. The van der Waals surface area contributed by atoms with E-state index in [1.807, 2.05) is 0 Å². The van der Waals surface area contributed by atoms with Crippen LogP contribution in [0.25, 0.3) is 0 Å². The third-order valence-corrected chi connectivity index (χ3v) is 4.65. The van der Waals surface area contributed by atoms with E-state index in [9.17, 15) is 18.4 Å². The van der Waals surface area contributed by atoms with Crippen molar-refractivity contribution >= 4 is 11.8 Å². The van der Waals surface area contributed by atoms with Crippen LogP contribution in [0.15, 0.2) is 30.4 Å². The fourth-order valence-electron chi connectivity index (χ4n) is 3.24. The molecule has 1 saturated heterocycles. The van der Waals surface area contributed by atoms with Gasteiger partial charge in [-0.2, -0.15) is 0 Å². The molecule has 2 aliphatic rings. The zero-order valence-electron chi connectivity index (χ0n) is 13.4. The summed E-state index contributed by atoms with van der Waals surface area (Å²) in [5, 5.41) is 0. The van der Waals surface area contributed by atoms with E-state index < -0.39 is 23.1 Å². The number of benzene rings is 1. The third kappa shape index (κ3) is 3.47. The lowest BCUT2D eigenvalue weighted by Crippen LogP contribution is -2.51. The largest absolute Gasteiger partial charge is 0.339 e. The highest BCUT2D eigenvalue weighted by molar-refractivity contribution is 5.95. The maximum absolute atomic E-state index is 13.7. The van der Waals surface area contributed by atoms with Gasteiger partial charge in [-0.25, -0.2) is 8.78 Å². The monoisotopic (exact) mass is 334 g/mol. The smallest absolute Gasteiger partial charge is 0.259 e. The molecule has 0 unspecified atom stereocenters. The first-order valence-corrected chi connectivity index (χ1v) is 8.24. The summed E-state index contributed by atoms with van der Waals surface area (Å²) in [6.45, 7) is 1.38. The molecule has 1 aromatic rings. The van der Waals surface area contributed by atoms with Gasteiger partial charge in [0, 0.05) is 32.6 Å². The molecule has 1 atom stereocenters. The number of hydrogen-bond acceptors (Lipinski definition) is 2. The van der Waals surface area contributed by atoms with Crippen LogP contribution in [0.5, 0.6) is 0 Å². The third-order valence-electron chi connectivity index (χ3n) is 4.65. The van der Waals surface area contributed by atoms with Gasteiger partial charge in [-0.3, -0.25) is 9.59 Å². The number of hydrogen-bond donors (Lipinski definition) is 0. The van der Waals surface area contributed by atoms with E-state index in [2.05, 4.69) is 12.2 Å². The summed E-state index contributed by atoms with van der Waals surface area (Å²) in [7, 11) is 0. The Morgan fingerprint density at radius 2 is 1.67 bits per heavy atom. The number of allylic oxidation sites excluding steroid dienone is 2. The molecule has 1 fully saturated rings. The van der Waals surface area contributed by atoms with Crippen LogP contribution >= 0.6 is 0 Å². The molecule has 1 aliphatic carbocycles. The Morgan fingerprint density at radius 3 is 2.25 bits per heavy atom. The summed E-state index contributed by atoms with van der Waals surface area (Å²) in [6, 6.07) is 3.38. The zero-order valence-corrected chi connectivity index (χ0v) is 13.4. The molecule has 1 aromatic carbocycles. The van der Waals surface area contributed by atoms with Gasteiger partial charge in [-0.05, 0) is 30.9 Å². The van der Waals surface area contributed by atoms with Crippen molar-refractivity contribution in [2.75, 3.05) is 26.2 Å². The van der Waals surface area contributed by atoms with Crippen molar-refractivity contribution in [3.8, 4) is 0 Å². The van der Waals surface area contributed by atoms with E-state index in [0.29, 0.717) is 38.5 Å². The summed E-state index contributed by atoms with van der Waals surface area (Å²) >= 11 is 0. The molecule has 4 nitrogen and oxygen atoms in total. The van der Waals surface area contributed by atoms with Crippen LogP contribution in [0.3, 0.4) is 0 Å². The van der Waals surface area contributed by atoms with Crippen molar-refractivity contribution in [1.29, 1.82) is 0 Å². The Labute approximate surface area is 139 Å². The summed E-state index contributed by atoms with van der Waals surface area (Å²) in [4.78, 5) is 27.7. The van der Waals surface area contributed by atoms with Gasteiger partial charge in [0.15, 0.2) is 0 Å². The van der Waals surface area contributed by atoms with Gasteiger partial charge in [0.2, 0.25) is 5.91 Å². The van der Waals surface area contributed by atoms with Gasteiger partial charge >= 0.3 is 0 Å². The second-order valence-electron chi connectivity index (χ2n) is 6.24.